The number of rotatable bonds is 7. The summed E-state index contributed by atoms with van der Waals surface area (Å²) in [6, 6.07) is 66.9. The first-order valence-corrected chi connectivity index (χ1v) is 17.6. The first kappa shape index (κ1) is 30.7. The normalized spacial score (nSPS) is 12.7. The van der Waals surface area contributed by atoms with Gasteiger partial charge in [-0.3, -0.25) is 0 Å². The zero-order valence-electron chi connectivity index (χ0n) is 28.8. The van der Waals surface area contributed by atoms with Crippen LogP contribution in [0.4, 0.5) is 17.1 Å². The predicted octanol–water partition coefficient (Wildman–Crippen LogP) is 13.7. The van der Waals surface area contributed by atoms with Crippen LogP contribution in [0.3, 0.4) is 0 Å². The van der Waals surface area contributed by atoms with Gasteiger partial charge in [0.05, 0.1) is 0 Å². The van der Waals surface area contributed by atoms with E-state index in [4.69, 9.17) is 4.42 Å². The number of furan rings is 1. The number of fused-ring (bicyclic) bond motifs is 3. The first-order chi connectivity index (χ1) is 25.1. The highest BCUT2D eigenvalue weighted by molar-refractivity contribution is 5.95. The van der Waals surface area contributed by atoms with Crippen molar-refractivity contribution in [3.8, 4) is 56.0 Å². The van der Waals surface area contributed by atoms with Gasteiger partial charge >= 0.3 is 0 Å². The average Bonchev–Trinajstić information content (AvgIpc) is 3.71. The van der Waals surface area contributed by atoms with Gasteiger partial charge in [0.1, 0.15) is 11.5 Å². The van der Waals surface area contributed by atoms with Gasteiger partial charge in [0, 0.05) is 44.7 Å². The topological polar surface area (TPSA) is 16.4 Å². The maximum atomic E-state index is 6.85. The molecule has 2 nitrogen and oxygen atoms in total. The molecule has 0 saturated carbocycles. The molecule has 1 aliphatic rings. The zero-order chi connectivity index (χ0) is 34.4. The molecule has 0 bridgehead atoms. The number of hydrogen-bond acceptors (Lipinski definition) is 2. The second kappa shape index (κ2) is 12.5. The van der Waals surface area contributed by atoms with Gasteiger partial charge in [-0.1, -0.05) is 166 Å². The van der Waals surface area contributed by atoms with Crippen LogP contribution in [0.2, 0.25) is 0 Å². The largest absolute Gasteiger partial charge is 0.455 e. The molecule has 244 valence electrons. The molecule has 0 unspecified atom stereocenters. The first-order valence-electron chi connectivity index (χ1n) is 17.6. The molecule has 51 heavy (non-hydrogen) atoms. The Kier molecular flexibility index (Phi) is 7.51. The minimum absolute atomic E-state index is 0.169. The van der Waals surface area contributed by atoms with Crippen LogP contribution in [0.15, 0.2) is 192 Å². The second-order valence-corrected chi connectivity index (χ2v) is 13.8. The molecule has 1 heterocycles. The fraction of sp³-hybridized carbons (Fsp3) is 0.0612. The van der Waals surface area contributed by atoms with Crippen LogP contribution in [0.5, 0.6) is 0 Å². The maximum Gasteiger partial charge on any atom is 0.142 e. The molecule has 7 aromatic carbocycles. The third-order valence-electron chi connectivity index (χ3n) is 10.3. The number of hydrogen-bond donors (Lipinski definition) is 0. The summed E-state index contributed by atoms with van der Waals surface area (Å²) in [5.41, 5.74) is 15.2. The minimum atomic E-state index is -0.169. The van der Waals surface area contributed by atoms with E-state index in [1.165, 1.54) is 38.9 Å². The summed E-state index contributed by atoms with van der Waals surface area (Å²) in [6.07, 6.45) is 0. The van der Waals surface area contributed by atoms with Crippen LogP contribution in [0.25, 0.3) is 56.0 Å². The van der Waals surface area contributed by atoms with E-state index in [0.717, 1.165) is 45.3 Å². The second-order valence-electron chi connectivity index (χ2n) is 13.8. The summed E-state index contributed by atoms with van der Waals surface area (Å²) >= 11 is 0. The summed E-state index contributed by atoms with van der Waals surface area (Å²) in [5, 5.41) is 0. The fourth-order valence-electron chi connectivity index (χ4n) is 7.74. The minimum Gasteiger partial charge on any atom is -0.455 e. The van der Waals surface area contributed by atoms with Crippen molar-refractivity contribution in [3.63, 3.8) is 0 Å². The average molecular weight is 656 g/mol. The SMILES string of the molecule is CC1(C)c2ccccc2-c2c(-c3ccc(-c4ccc(N(c5ccccc5)c5ccc(-c6ccccc6)cc5)cc4)cc3)oc(-c3ccccc3)c21. The summed E-state index contributed by atoms with van der Waals surface area (Å²) in [6.45, 7) is 4.63. The van der Waals surface area contributed by atoms with Crippen molar-refractivity contribution in [3.05, 3.63) is 199 Å². The van der Waals surface area contributed by atoms with Crippen LogP contribution in [-0.4, -0.2) is 0 Å². The monoisotopic (exact) mass is 655 g/mol. The van der Waals surface area contributed by atoms with Crippen molar-refractivity contribution >= 4 is 17.1 Å². The molecule has 0 aliphatic heterocycles. The van der Waals surface area contributed by atoms with E-state index in [1.807, 2.05) is 0 Å². The van der Waals surface area contributed by atoms with Gasteiger partial charge in [-0.05, 0) is 69.8 Å². The van der Waals surface area contributed by atoms with Crippen molar-refractivity contribution in [2.24, 2.45) is 0 Å². The molecule has 0 fully saturated rings. The molecule has 0 spiro atoms. The van der Waals surface area contributed by atoms with Crippen LogP contribution < -0.4 is 4.90 Å². The molecule has 2 heteroatoms. The molecule has 9 rings (SSSR count). The Morgan fingerprint density at radius 1 is 0.373 bits per heavy atom. The Labute approximate surface area is 299 Å². The molecule has 0 N–H and O–H groups in total. The van der Waals surface area contributed by atoms with Gasteiger partial charge in [0.15, 0.2) is 0 Å². The standard InChI is InChI=1S/C49H37NO/c1-49(2)44-21-13-12-20-43(44)45-46(49)48(38-16-8-4-9-17-38)51-47(45)39-24-22-35(23-25-39)37-28-32-42(33-29-37)50(40-18-10-5-11-19-40)41-30-26-36(27-31-41)34-14-6-3-7-15-34/h3-33H,1-2H3. The van der Waals surface area contributed by atoms with Crippen molar-refractivity contribution < 1.29 is 4.42 Å². The third kappa shape index (κ3) is 5.37. The third-order valence-corrected chi connectivity index (χ3v) is 10.3. The highest BCUT2D eigenvalue weighted by Gasteiger charge is 2.42. The lowest BCUT2D eigenvalue weighted by Crippen LogP contribution is -2.15. The molecule has 1 aromatic heterocycles. The molecule has 1 aliphatic carbocycles. The van der Waals surface area contributed by atoms with E-state index in [-0.39, 0.29) is 5.41 Å². The van der Waals surface area contributed by atoms with Gasteiger partial charge in [-0.15, -0.1) is 0 Å². The summed E-state index contributed by atoms with van der Waals surface area (Å²) < 4.78 is 6.85. The van der Waals surface area contributed by atoms with E-state index >= 15 is 0 Å². The van der Waals surface area contributed by atoms with Crippen LogP contribution in [-0.2, 0) is 5.41 Å². The number of nitrogens with zero attached hydrogens (tertiary/aromatic N) is 1. The van der Waals surface area contributed by atoms with Crippen molar-refractivity contribution in [1.29, 1.82) is 0 Å². The lowest BCUT2D eigenvalue weighted by atomic mass is 9.81. The number of para-hydroxylation sites is 1. The Balaban J connectivity index is 1.05. The molecular weight excluding hydrogens is 619 g/mol. The molecule has 8 aromatic rings. The van der Waals surface area contributed by atoms with Crippen molar-refractivity contribution in [1.82, 2.24) is 0 Å². The van der Waals surface area contributed by atoms with Gasteiger partial charge < -0.3 is 9.32 Å². The van der Waals surface area contributed by atoms with Gasteiger partial charge in [0.2, 0.25) is 0 Å². The van der Waals surface area contributed by atoms with E-state index in [2.05, 4.69) is 207 Å². The van der Waals surface area contributed by atoms with Crippen LogP contribution in [0.1, 0.15) is 25.0 Å². The lowest BCUT2D eigenvalue weighted by Gasteiger charge is -2.26. The van der Waals surface area contributed by atoms with E-state index < -0.39 is 0 Å². The van der Waals surface area contributed by atoms with Crippen LogP contribution >= 0.6 is 0 Å². The smallest absolute Gasteiger partial charge is 0.142 e. The molecule has 0 saturated heterocycles. The Morgan fingerprint density at radius 2 is 0.765 bits per heavy atom. The lowest BCUT2D eigenvalue weighted by molar-refractivity contribution is 0.575. The highest BCUT2D eigenvalue weighted by atomic mass is 16.3. The molecular formula is C49H37NO. The molecule has 0 atom stereocenters. The quantitative estimate of drug-likeness (QED) is 0.170. The Morgan fingerprint density at radius 3 is 1.33 bits per heavy atom. The van der Waals surface area contributed by atoms with Gasteiger partial charge in [-0.2, -0.15) is 0 Å². The Hall–Kier alpha value is -6.38. The van der Waals surface area contributed by atoms with Gasteiger partial charge in [0.25, 0.3) is 0 Å². The van der Waals surface area contributed by atoms with E-state index in [0.29, 0.717) is 0 Å². The Bertz CT molecular complexity index is 2440. The summed E-state index contributed by atoms with van der Waals surface area (Å²) in [4.78, 5) is 2.31. The fourth-order valence-corrected chi connectivity index (χ4v) is 7.74. The highest BCUT2D eigenvalue weighted by Crippen LogP contribution is 2.57. The molecule has 0 radical (unpaired) electrons. The van der Waals surface area contributed by atoms with E-state index in [9.17, 15) is 0 Å². The van der Waals surface area contributed by atoms with Crippen molar-refractivity contribution in [2.75, 3.05) is 4.90 Å². The maximum absolute atomic E-state index is 6.85. The van der Waals surface area contributed by atoms with Crippen molar-refractivity contribution in [2.45, 2.75) is 19.3 Å². The zero-order valence-corrected chi connectivity index (χ0v) is 28.8. The summed E-state index contributed by atoms with van der Waals surface area (Å²) in [5.74, 6) is 1.89. The summed E-state index contributed by atoms with van der Waals surface area (Å²) in [7, 11) is 0. The van der Waals surface area contributed by atoms with Gasteiger partial charge in [-0.25, -0.2) is 0 Å². The van der Waals surface area contributed by atoms with Crippen LogP contribution in [0, 0.1) is 0 Å². The van der Waals surface area contributed by atoms with E-state index in [1.54, 1.807) is 0 Å². The molecule has 0 amide bonds. The number of anilines is 3. The predicted molar refractivity (Wildman–Crippen MR) is 213 cm³/mol. The number of benzene rings is 7.